The first-order chi connectivity index (χ1) is 9.60. The molecule has 5 heteroatoms. The topological polar surface area (TPSA) is 59.1 Å². The summed E-state index contributed by atoms with van der Waals surface area (Å²) in [6.07, 6.45) is 0. The molecule has 0 spiro atoms. The second kappa shape index (κ2) is 6.43. The molecular weight excluding hydrogens is 275 g/mol. The summed E-state index contributed by atoms with van der Waals surface area (Å²) < 4.78 is 18.0. The molecule has 0 heterocycles. The van der Waals surface area contributed by atoms with Gasteiger partial charge in [-0.05, 0) is 42.0 Å². The second-order valence-corrected chi connectivity index (χ2v) is 5.24. The third-order valence-corrected chi connectivity index (χ3v) is 3.86. The van der Waals surface area contributed by atoms with Gasteiger partial charge in [-0.2, -0.15) is 0 Å². The Kier molecular flexibility index (Phi) is 4.63. The number of hydrogen-bond acceptors (Lipinski definition) is 3. The molecule has 104 valence electrons. The number of ether oxygens (including phenoxy) is 1. The molecule has 0 bridgehead atoms. The van der Waals surface area contributed by atoms with Crippen LogP contribution in [0, 0.1) is 11.2 Å². The Hall–Kier alpha value is -2.01. The largest absolute Gasteiger partial charge is 0.496 e. The fraction of sp³-hybridized carbons (Fsp3) is 0.133. The van der Waals surface area contributed by atoms with E-state index in [1.54, 1.807) is 37.1 Å². The molecule has 0 fully saturated rings. The number of nitrogens with two attached hydrogens (primary N) is 1. The van der Waals surface area contributed by atoms with E-state index in [4.69, 9.17) is 15.9 Å². The van der Waals surface area contributed by atoms with Crippen molar-refractivity contribution in [1.82, 2.24) is 0 Å². The lowest BCUT2D eigenvalue weighted by Gasteiger charge is -2.09. The quantitative estimate of drug-likeness (QED) is 0.504. The van der Waals surface area contributed by atoms with E-state index in [2.05, 4.69) is 0 Å². The zero-order chi connectivity index (χ0) is 14.5. The van der Waals surface area contributed by atoms with Gasteiger partial charge in [0, 0.05) is 10.6 Å². The van der Waals surface area contributed by atoms with Crippen LogP contribution in [0.25, 0.3) is 0 Å². The van der Waals surface area contributed by atoms with Crippen LogP contribution in [0.4, 0.5) is 4.39 Å². The predicted octanol–water partition coefficient (Wildman–Crippen LogP) is 3.41. The third kappa shape index (κ3) is 3.51. The lowest BCUT2D eigenvalue weighted by atomic mass is 10.1. The minimum Gasteiger partial charge on any atom is -0.496 e. The van der Waals surface area contributed by atoms with Gasteiger partial charge in [0.15, 0.2) is 0 Å². The number of rotatable bonds is 5. The van der Waals surface area contributed by atoms with Gasteiger partial charge in [-0.1, -0.05) is 6.07 Å². The maximum absolute atomic E-state index is 12.8. The van der Waals surface area contributed by atoms with Gasteiger partial charge >= 0.3 is 0 Å². The predicted molar refractivity (Wildman–Crippen MR) is 80.0 cm³/mol. The van der Waals surface area contributed by atoms with Crippen LogP contribution >= 0.6 is 11.8 Å². The first kappa shape index (κ1) is 14.4. The van der Waals surface area contributed by atoms with Gasteiger partial charge in [0.05, 0.1) is 12.7 Å². The number of amidine groups is 1. The first-order valence-corrected chi connectivity index (χ1v) is 6.98. The SMILES string of the molecule is COc1ccc(CSc2ccc(F)cc2)cc1C(=N)N. The highest BCUT2D eigenvalue weighted by Crippen LogP contribution is 2.26. The number of thioether (sulfide) groups is 1. The van der Waals surface area contributed by atoms with E-state index in [1.165, 1.54) is 12.1 Å². The normalized spacial score (nSPS) is 10.3. The van der Waals surface area contributed by atoms with E-state index < -0.39 is 0 Å². The zero-order valence-electron chi connectivity index (χ0n) is 11.0. The molecule has 0 aliphatic rings. The summed E-state index contributed by atoms with van der Waals surface area (Å²) in [6.45, 7) is 0. The summed E-state index contributed by atoms with van der Waals surface area (Å²) in [5.41, 5.74) is 7.16. The Morgan fingerprint density at radius 2 is 1.95 bits per heavy atom. The lowest BCUT2D eigenvalue weighted by Crippen LogP contribution is -2.12. The van der Waals surface area contributed by atoms with Crippen molar-refractivity contribution in [1.29, 1.82) is 5.41 Å². The van der Waals surface area contributed by atoms with Crippen LogP contribution in [-0.2, 0) is 5.75 Å². The van der Waals surface area contributed by atoms with E-state index in [0.29, 0.717) is 11.3 Å². The number of methoxy groups -OCH3 is 1. The minimum absolute atomic E-state index is 0.0181. The highest BCUT2D eigenvalue weighted by atomic mass is 32.2. The molecule has 3 N–H and O–H groups in total. The molecule has 0 aliphatic heterocycles. The first-order valence-electron chi connectivity index (χ1n) is 6.00. The fourth-order valence-electron chi connectivity index (χ4n) is 1.75. The number of halogens is 1. The van der Waals surface area contributed by atoms with Crippen molar-refractivity contribution in [3.8, 4) is 5.75 Å². The van der Waals surface area contributed by atoms with E-state index in [1.807, 2.05) is 12.1 Å². The average molecular weight is 290 g/mol. The van der Waals surface area contributed by atoms with E-state index >= 15 is 0 Å². The average Bonchev–Trinajstić information content (AvgIpc) is 2.46. The van der Waals surface area contributed by atoms with Crippen molar-refractivity contribution >= 4 is 17.6 Å². The minimum atomic E-state index is -0.238. The number of nitrogens with one attached hydrogen (secondary N) is 1. The monoisotopic (exact) mass is 290 g/mol. The van der Waals surface area contributed by atoms with Crippen LogP contribution in [0.15, 0.2) is 47.4 Å². The van der Waals surface area contributed by atoms with Gasteiger partial charge in [0.1, 0.15) is 17.4 Å². The van der Waals surface area contributed by atoms with Gasteiger partial charge in [0.2, 0.25) is 0 Å². The molecular formula is C15H15FN2OS. The van der Waals surface area contributed by atoms with Crippen LogP contribution in [-0.4, -0.2) is 12.9 Å². The Labute approximate surface area is 121 Å². The molecule has 0 amide bonds. The summed E-state index contributed by atoms with van der Waals surface area (Å²) in [5, 5.41) is 7.55. The number of nitrogen functional groups attached to an aromatic ring is 1. The number of benzene rings is 2. The van der Waals surface area contributed by atoms with Gasteiger partial charge in [-0.25, -0.2) is 4.39 Å². The van der Waals surface area contributed by atoms with E-state index in [0.717, 1.165) is 16.2 Å². The smallest absolute Gasteiger partial charge is 0.129 e. The Balaban J connectivity index is 2.11. The van der Waals surface area contributed by atoms with E-state index in [-0.39, 0.29) is 11.7 Å². The lowest BCUT2D eigenvalue weighted by molar-refractivity contribution is 0.413. The molecule has 0 unspecified atom stereocenters. The molecule has 20 heavy (non-hydrogen) atoms. The van der Waals surface area contributed by atoms with Crippen LogP contribution in [0.3, 0.4) is 0 Å². The fourth-order valence-corrected chi connectivity index (χ4v) is 2.59. The molecule has 0 saturated heterocycles. The summed E-state index contributed by atoms with van der Waals surface area (Å²) in [7, 11) is 1.55. The molecule has 2 rings (SSSR count). The summed E-state index contributed by atoms with van der Waals surface area (Å²) in [6, 6.07) is 12.0. The Morgan fingerprint density at radius 1 is 1.25 bits per heavy atom. The van der Waals surface area contributed by atoms with Crippen molar-refractivity contribution in [2.75, 3.05) is 7.11 Å². The Bertz CT molecular complexity index is 614. The molecule has 2 aromatic rings. The molecule has 0 saturated carbocycles. The van der Waals surface area contributed by atoms with Crippen molar-refractivity contribution in [3.63, 3.8) is 0 Å². The van der Waals surface area contributed by atoms with Gasteiger partial charge < -0.3 is 10.5 Å². The van der Waals surface area contributed by atoms with Gasteiger partial charge in [0.25, 0.3) is 0 Å². The van der Waals surface area contributed by atoms with Crippen molar-refractivity contribution < 1.29 is 9.13 Å². The summed E-state index contributed by atoms with van der Waals surface area (Å²) in [4.78, 5) is 0.992. The van der Waals surface area contributed by atoms with Crippen LogP contribution in [0.2, 0.25) is 0 Å². The number of hydrogen-bond donors (Lipinski definition) is 2. The summed E-state index contributed by atoms with van der Waals surface area (Å²) >= 11 is 1.60. The molecule has 0 radical (unpaired) electrons. The van der Waals surface area contributed by atoms with Crippen LogP contribution in [0.1, 0.15) is 11.1 Å². The van der Waals surface area contributed by atoms with E-state index in [9.17, 15) is 4.39 Å². The molecule has 0 aliphatic carbocycles. The second-order valence-electron chi connectivity index (χ2n) is 4.19. The van der Waals surface area contributed by atoms with Crippen LogP contribution in [0.5, 0.6) is 5.75 Å². The highest BCUT2D eigenvalue weighted by molar-refractivity contribution is 7.98. The highest BCUT2D eigenvalue weighted by Gasteiger charge is 2.07. The standard InChI is InChI=1S/C15H15FN2OS/c1-19-14-7-2-10(8-13(14)15(17)18)9-20-12-5-3-11(16)4-6-12/h2-8H,9H2,1H3,(H3,17,18). The van der Waals surface area contributed by atoms with Crippen molar-refractivity contribution in [2.24, 2.45) is 5.73 Å². The third-order valence-electron chi connectivity index (χ3n) is 2.77. The molecule has 2 aromatic carbocycles. The molecule has 3 nitrogen and oxygen atoms in total. The van der Waals surface area contributed by atoms with Crippen molar-refractivity contribution in [3.05, 3.63) is 59.4 Å². The van der Waals surface area contributed by atoms with Gasteiger partial charge in [-0.15, -0.1) is 11.8 Å². The molecule has 0 aromatic heterocycles. The molecule has 0 atom stereocenters. The zero-order valence-corrected chi connectivity index (χ0v) is 11.8. The maximum atomic E-state index is 12.8. The maximum Gasteiger partial charge on any atom is 0.129 e. The Morgan fingerprint density at radius 3 is 2.55 bits per heavy atom. The van der Waals surface area contributed by atoms with Crippen LogP contribution < -0.4 is 10.5 Å². The summed E-state index contributed by atoms with van der Waals surface area (Å²) in [5.74, 6) is 1.05. The van der Waals surface area contributed by atoms with Crippen molar-refractivity contribution in [2.45, 2.75) is 10.6 Å². The van der Waals surface area contributed by atoms with Gasteiger partial charge in [-0.3, -0.25) is 5.41 Å².